The average Bonchev–Trinajstić information content (AvgIpc) is 3.36. The van der Waals surface area contributed by atoms with Crippen LogP contribution < -0.4 is 26.1 Å². The van der Waals surface area contributed by atoms with Gasteiger partial charge in [-0.1, -0.05) is 25.6 Å². The molecule has 0 aliphatic carbocycles. The van der Waals surface area contributed by atoms with Crippen molar-refractivity contribution in [1.82, 2.24) is 19.3 Å². The van der Waals surface area contributed by atoms with Crippen LogP contribution in [0.4, 0.5) is 5.82 Å². The van der Waals surface area contributed by atoms with Crippen LogP contribution in [0.15, 0.2) is 96.1 Å². The summed E-state index contributed by atoms with van der Waals surface area (Å²) in [5.41, 5.74) is 6.69. The maximum atomic E-state index is 13.7. The van der Waals surface area contributed by atoms with E-state index in [1.807, 2.05) is 24.3 Å². The number of pyridine rings is 2. The minimum atomic E-state index is -1.26. The zero-order valence-electron chi connectivity index (χ0n) is 28.5. The number of aliphatic carboxylic acids is 2. The van der Waals surface area contributed by atoms with Crippen molar-refractivity contribution >= 4 is 40.5 Å². The number of fused-ring (bicyclic) bond motifs is 1. The van der Waals surface area contributed by atoms with Crippen LogP contribution in [0.1, 0.15) is 37.3 Å². The molecule has 2 atom stereocenters. The number of carbonyl (C=O) groups is 4. The molecule has 5 aromatic rings. The number of esters is 1. The van der Waals surface area contributed by atoms with Crippen molar-refractivity contribution in [3.05, 3.63) is 113 Å². The van der Waals surface area contributed by atoms with Crippen LogP contribution in [0.5, 0.6) is 17.2 Å². The van der Waals surface area contributed by atoms with Gasteiger partial charge in [0.25, 0.3) is 11.5 Å². The summed E-state index contributed by atoms with van der Waals surface area (Å²) in [6.45, 7) is 5.00. The number of hydrogen-bond donors (Lipinski definition) is 4. The molecule has 0 saturated carbocycles. The maximum Gasteiger partial charge on any atom is 0.328 e. The molecule has 0 bridgehead atoms. The highest BCUT2D eigenvalue weighted by Gasteiger charge is 2.26. The van der Waals surface area contributed by atoms with Gasteiger partial charge in [0.05, 0.1) is 36.7 Å². The molecule has 16 nitrogen and oxygen atoms in total. The second-order valence-electron chi connectivity index (χ2n) is 11.2. The Kier molecular flexibility index (Phi) is 14.1. The van der Waals surface area contributed by atoms with Crippen LogP contribution in [0.3, 0.4) is 0 Å². The standard InChI is InChI=1S/C32H32N6O6.C4H4O4.CH4/c1-19(43-32(41)20(2)33)18-37-21(3)29(31(40)38(37)22-8-6-5-7-9-22)30(39)36-28-13-11-24(17-35-28)44-27-14-15-34-26-16-23(42-4)10-12-25(26)27;5-3(6)1-2-4(7)8;/h5-17,19-20H,18,33H2,1-4H3,(H,35,36,39);1-2H,(H,5,6)(H,7,8);1H4/b;2-1-;/t19-,20+;;/m1../s1. The van der Waals surface area contributed by atoms with Crippen molar-refractivity contribution in [1.29, 1.82) is 0 Å². The molecule has 5 rings (SSSR count). The first-order valence-corrected chi connectivity index (χ1v) is 15.6. The van der Waals surface area contributed by atoms with E-state index in [0.717, 1.165) is 5.39 Å². The molecule has 0 radical (unpaired) electrons. The van der Waals surface area contributed by atoms with E-state index in [-0.39, 0.29) is 25.4 Å². The van der Waals surface area contributed by atoms with Crippen LogP contribution in [0, 0.1) is 6.92 Å². The monoisotopic (exact) mass is 728 g/mol. The SMILES string of the molecule is C.COc1ccc2c(Oc3ccc(NC(=O)c4c(C)n(C[C@@H](C)OC(=O)[C@H](C)N)n(-c5ccccc5)c4=O)nc3)ccnc2c1.O=C(O)/C=C\C(=O)O. The van der Waals surface area contributed by atoms with Crippen LogP contribution in [-0.4, -0.2) is 72.6 Å². The number of nitrogens with zero attached hydrogens (tertiary/aromatic N) is 4. The summed E-state index contributed by atoms with van der Waals surface area (Å²) in [5.74, 6) is -1.78. The van der Waals surface area contributed by atoms with E-state index < -0.39 is 41.5 Å². The number of nitrogens with two attached hydrogens (primary N) is 1. The number of amides is 1. The topological polar surface area (TPSA) is 227 Å². The van der Waals surface area contributed by atoms with E-state index in [1.54, 1.807) is 74.3 Å². The van der Waals surface area contributed by atoms with Crippen molar-refractivity contribution < 1.29 is 43.6 Å². The Balaban J connectivity index is 0.000000755. The van der Waals surface area contributed by atoms with Gasteiger partial charge < -0.3 is 35.5 Å². The number of para-hydroxylation sites is 1. The summed E-state index contributed by atoms with van der Waals surface area (Å²) in [6, 6.07) is 18.6. The highest BCUT2D eigenvalue weighted by atomic mass is 16.5. The average molecular weight is 729 g/mol. The molecule has 16 heteroatoms. The number of anilines is 1. The van der Waals surface area contributed by atoms with Gasteiger partial charge in [0.1, 0.15) is 40.8 Å². The highest BCUT2D eigenvalue weighted by Crippen LogP contribution is 2.31. The van der Waals surface area contributed by atoms with Gasteiger partial charge in [-0.15, -0.1) is 0 Å². The molecule has 0 aliphatic heterocycles. The van der Waals surface area contributed by atoms with Gasteiger partial charge in [-0.3, -0.25) is 24.0 Å². The molecule has 0 unspecified atom stereocenters. The number of ether oxygens (including phenoxy) is 3. The molecule has 53 heavy (non-hydrogen) atoms. The summed E-state index contributed by atoms with van der Waals surface area (Å²) in [4.78, 5) is 67.0. The summed E-state index contributed by atoms with van der Waals surface area (Å²) in [6.07, 6.45) is 3.60. The molecule has 1 amide bonds. The lowest BCUT2D eigenvalue weighted by Crippen LogP contribution is -2.34. The second kappa shape index (κ2) is 18.4. The van der Waals surface area contributed by atoms with E-state index in [1.165, 1.54) is 17.8 Å². The molecule has 5 N–H and O–H groups in total. The van der Waals surface area contributed by atoms with E-state index in [2.05, 4.69) is 15.3 Å². The number of nitrogens with one attached hydrogen (secondary N) is 1. The minimum Gasteiger partial charge on any atom is -0.497 e. The number of benzene rings is 2. The largest absolute Gasteiger partial charge is 0.497 e. The fraction of sp³-hybridized carbons (Fsp3) is 0.216. The zero-order chi connectivity index (χ0) is 37.9. The van der Waals surface area contributed by atoms with Crippen LogP contribution in [0.25, 0.3) is 16.6 Å². The maximum absolute atomic E-state index is 13.7. The van der Waals surface area contributed by atoms with Crippen molar-refractivity contribution in [2.75, 3.05) is 12.4 Å². The Morgan fingerprint density at radius 3 is 2.19 bits per heavy atom. The normalized spacial score (nSPS) is 11.7. The Labute approximate surface area is 304 Å². The van der Waals surface area contributed by atoms with Gasteiger partial charge in [0.15, 0.2) is 0 Å². The first-order valence-electron chi connectivity index (χ1n) is 15.6. The molecular weight excluding hydrogens is 688 g/mol. The van der Waals surface area contributed by atoms with Crippen molar-refractivity contribution in [3.63, 3.8) is 0 Å². The molecule has 0 spiro atoms. The predicted octanol–water partition coefficient (Wildman–Crippen LogP) is 4.57. The van der Waals surface area contributed by atoms with Crippen LogP contribution >= 0.6 is 0 Å². The molecular formula is C37H40N6O10. The Morgan fingerprint density at radius 1 is 0.943 bits per heavy atom. The van der Waals surface area contributed by atoms with Gasteiger partial charge in [0, 0.05) is 29.8 Å². The van der Waals surface area contributed by atoms with E-state index in [9.17, 15) is 24.0 Å². The molecule has 0 fully saturated rings. The van der Waals surface area contributed by atoms with Gasteiger partial charge in [-0.05, 0) is 63.2 Å². The number of aromatic nitrogens is 4. The van der Waals surface area contributed by atoms with Gasteiger partial charge >= 0.3 is 17.9 Å². The lowest BCUT2D eigenvalue weighted by Gasteiger charge is -2.19. The molecule has 2 aromatic carbocycles. The summed E-state index contributed by atoms with van der Waals surface area (Å²) >= 11 is 0. The molecule has 3 heterocycles. The summed E-state index contributed by atoms with van der Waals surface area (Å²) < 4.78 is 19.7. The zero-order valence-corrected chi connectivity index (χ0v) is 28.5. The Hall–Kier alpha value is -6.81. The molecule has 3 aromatic heterocycles. The number of carbonyl (C=O) groups excluding carboxylic acids is 2. The third kappa shape index (κ3) is 10.6. The minimum absolute atomic E-state index is 0. The number of rotatable bonds is 12. The third-order valence-electron chi connectivity index (χ3n) is 7.23. The number of carboxylic acids is 2. The quantitative estimate of drug-likeness (QED) is 0.102. The fourth-order valence-electron chi connectivity index (χ4n) is 4.82. The smallest absolute Gasteiger partial charge is 0.328 e. The van der Waals surface area contributed by atoms with Gasteiger partial charge in [-0.2, -0.15) is 0 Å². The van der Waals surface area contributed by atoms with E-state index in [0.29, 0.717) is 46.3 Å². The lowest BCUT2D eigenvalue weighted by molar-refractivity contribution is -0.150. The molecule has 278 valence electrons. The molecule has 0 aliphatic rings. The predicted molar refractivity (Wildman–Crippen MR) is 196 cm³/mol. The number of carboxylic acid groups (broad SMARTS) is 2. The van der Waals surface area contributed by atoms with Gasteiger partial charge in [0.2, 0.25) is 0 Å². The van der Waals surface area contributed by atoms with Crippen LogP contribution in [-0.2, 0) is 25.7 Å². The lowest BCUT2D eigenvalue weighted by atomic mass is 10.2. The Morgan fingerprint density at radius 2 is 1.60 bits per heavy atom. The van der Waals surface area contributed by atoms with E-state index >= 15 is 0 Å². The summed E-state index contributed by atoms with van der Waals surface area (Å²) in [5, 5.41) is 19.1. The van der Waals surface area contributed by atoms with Crippen molar-refractivity contribution in [3.8, 4) is 22.9 Å². The third-order valence-corrected chi connectivity index (χ3v) is 7.23. The van der Waals surface area contributed by atoms with Crippen molar-refractivity contribution in [2.45, 2.75) is 46.9 Å². The summed E-state index contributed by atoms with van der Waals surface area (Å²) in [7, 11) is 1.59. The fourth-order valence-corrected chi connectivity index (χ4v) is 4.82. The molecule has 0 saturated heterocycles. The van der Waals surface area contributed by atoms with Crippen LogP contribution in [0.2, 0.25) is 0 Å². The first-order chi connectivity index (χ1) is 24.8. The number of methoxy groups -OCH3 is 1. The first kappa shape index (κ1) is 40.6. The van der Waals surface area contributed by atoms with Gasteiger partial charge in [-0.25, -0.2) is 19.3 Å². The number of hydrogen-bond acceptors (Lipinski definition) is 11. The van der Waals surface area contributed by atoms with Crippen molar-refractivity contribution in [2.24, 2.45) is 5.73 Å². The highest BCUT2D eigenvalue weighted by molar-refractivity contribution is 6.04. The van der Waals surface area contributed by atoms with E-state index in [4.69, 9.17) is 30.2 Å². The Bertz CT molecular complexity index is 2140. The second-order valence-corrected chi connectivity index (χ2v) is 11.2.